The molecule has 200 valence electrons. The van der Waals surface area contributed by atoms with Gasteiger partial charge in [0, 0.05) is 35.5 Å². The van der Waals surface area contributed by atoms with Crippen LogP contribution in [0, 0.1) is 6.92 Å². The normalized spacial score (nSPS) is 10.9. The molecule has 0 fully saturated rings. The second kappa shape index (κ2) is 12.6. The van der Waals surface area contributed by atoms with Crippen molar-refractivity contribution in [3.8, 4) is 28.4 Å². The quantitative estimate of drug-likeness (QED) is 0.203. The number of amides is 1. The summed E-state index contributed by atoms with van der Waals surface area (Å²) in [6, 6.07) is 33.6. The van der Waals surface area contributed by atoms with Crippen molar-refractivity contribution in [3.63, 3.8) is 0 Å². The molecule has 0 unspecified atom stereocenters. The average molecular weight is 530 g/mol. The number of hydrogen-bond donors (Lipinski definition) is 1. The van der Waals surface area contributed by atoms with Crippen LogP contribution in [0.15, 0.2) is 115 Å². The third-order valence-corrected chi connectivity index (χ3v) is 6.43. The van der Waals surface area contributed by atoms with Crippen LogP contribution in [0.1, 0.15) is 22.3 Å². The van der Waals surface area contributed by atoms with E-state index in [1.807, 2.05) is 121 Å². The molecule has 0 aliphatic rings. The van der Waals surface area contributed by atoms with E-state index in [9.17, 15) is 4.79 Å². The van der Waals surface area contributed by atoms with Gasteiger partial charge >= 0.3 is 0 Å². The van der Waals surface area contributed by atoms with Gasteiger partial charge in [0.15, 0.2) is 0 Å². The zero-order valence-electron chi connectivity index (χ0n) is 22.6. The van der Waals surface area contributed by atoms with Gasteiger partial charge < -0.3 is 14.8 Å². The molecule has 6 heteroatoms. The minimum absolute atomic E-state index is 0.195. The van der Waals surface area contributed by atoms with E-state index in [4.69, 9.17) is 14.6 Å². The summed E-state index contributed by atoms with van der Waals surface area (Å²) >= 11 is 0. The van der Waals surface area contributed by atoms with E-state index >= 15 is 0 Å². The first-order chi connectivity index (χ1) is 19.6. The molecule has 0 aliphatic carbocycles. The zero-order chi connectivity index (χ0) is 27.7. The number of nitrogens with zero attached hydrogens (tertiary/aromatic N) is 2. The summed E-state index contributed by atoms with van der Waals surface area (Å²) in [4.78, 5) is 12.8. The number of para-hydroxylation sites is 1. The minimum Gasteiger partial charge on any atom is -0.496 e. The lowest BCUT2D eigenvalue weighted by Gasteiger charge is -2.11. The summed E-state index contributed by atoms with van der Waals surface area (Å²) in [5, 5.41) is 7.82. The fourth-order valence-electron chi connectivity index (χ4n) is 4.39. The van der Waals surface area contributed by atoms with Crippen molar-refractivity contribution in [2.45, 2.75) is 20.1 Å². The van der Waals surface area contributed by atoms with Crippen LogP contribution >= 0.6 is 0 Å². The van der Waals surface area contributed by atoms with Crippen LogP contribution in [-0.4, -0.2) is 22.8 Å². The molecular formula is C34H31N3O3. The van der Waals surface area contributed by atoms with Crippen LogP contribution in [0.3, 0.4) is 0 Å². The average Bonchev–Trinajstić information content (AvgIpc) is 3.43. The predicted molar refractivity (Wildman–Crippen MR) is 158 cm³/mol. The fraction of sp³-hybridized carbons (Fsp3) is 0.118. The van der Waals surface area contributed by atoms with Crippen molar-refractivity contribution in [1.29, 1.82) is 0 Å². The second-order valence-corrected chi connectivity index (χ2v) is 9.38. The summed E-state index contributed by atoms with van der Waals surface area (Å²) in [6.07, 6.45) is 5.29. The predicted octanol–water partition coefficient (Wildman–Crippen LogP) is 6.76. The van der Waals surface area contributed by atoms with Crippen molar-refractivity contribution in [2.75, 3.05) is 7.11 Å². The fourth-order valence-corrected chi connectivity index (χ4v) is 4.39. The molecule has 5 rings (SSSR count). The molecule has 0 spiro atoms. The van der Waals surface area contributed by atoms with Crippen LogP contribution < -0.4 is 14.8 Å². The van der Waals surface area contributed by atoms with Gasteiger partial charge in [0.25, 0.3) is 0 Å². The molecule has 4 aromatic carbocycles. The number of rotatable bonds is 10. The van der Waals surface area contributed by atoms with E-state index < -0.39 is 0 Å². The van der Waals surface area contributed by atoms with Crippen LogP contribution in [0.2, 0.25) is 0 Å². The van der Waals surface area contributed by atoms with Crippen molar-refractivity contribution in [1.82, 2.24) is 15.1 Å². The number of benzene rings is 4. The molecule has 40 heavy (non-hydrogen) atoms. The number of ether oxygens (including phenoxy) is 2. The van der Waals surface area contributed by atoms with Crippen molar-refractivity contribution in [2.24, 2.45) is 0 Å². The number of aryl methyl sites for hydroxylation is 1. The SMILES string of the molecule is COc1ccc(/C=C/C(=O)NCc2cn(-c3ccccc3)nc2-c2ccccc2)cc1COc1cccc(C)c1. The van der Waals surface area contributed by atoms with Crippen LogP contribution in [0.5, 0.6) is 11.5 Å². The summed E-state index contributed by atoms with van der Waals surface area (Å²) in [5.41, 5.74) is 6.62. The van der Waals surface area contributed by atoms with Crippen molar-refractivity contribution < 1.29 is 14.3 Å². The smallest absolute Gasteiger partial charge is 0.244 e. The summed E-state index contributed by atoms with van der Waals surface area (Å²) in [5.74, 6) is 1.34. The lowest BCUT2D eigenvalue weighted by molar-refractivity contribution is -0.116. The standard InChI is InChI=1S/C34H31N3O3/c1-25-10-9-15-31(20-25)40-24-28-21-26(16-18-32(28)39-2)17-19-33(38)35-22-29-23-37(30-13-7-4-8-14-30)36-34(29)27-11-5-3-6-12-27/h3-21,23H,22,24H2,1-2H3,(H,35,38)/b19-17+. The Hall–Kier alpha value is -5.10. The molecule has 1 N–H and O–H groups in total. The summed E-state index contributed by atoms with van der Waals surface area (Å²) in [6.45, 7) is 2.73. The van der Waals surface area contributed by atoms with Crippen molar-refractivity contribution >= 4 is 12.0 Å². The first-order valence-electron chi connectivity index (χ1n) is 13.1. The Morgan fingerprint density at radius 3 is 2.42 bits per heavy atom. The third-order valence-electron chi connectivity index (χ3n) is 6.43. The van der Waals surface area contributed by atoms with Gasteiger partial charge in [0.05, 0.1) is 18.5 Å². The maximum absolute atomic E-state index is 12.8. The number of methoxy groups -OCH3 is 1. The van der Waals surface area contributed by atoms with Gasteiger partial charge in [-0.25, -0.2) is 4.68 Å². The Kier molecular flexibility index (Phi) is 8.37. The van der Waals surface area contributed by atoms with E-state index in [1.54, 1.807) is 13.2 Å². The molecular weight excluding hydrogens is 498 g/mol. The van der Waals surface area contributed by atoms with E-state index in [0.717, 1.165) is 50.7 Å². The molecule has 0 saturated heterocycles. The van der Waals surface area contributed by atoms with E-state index in [0.29, 0.717) is 13.2 Å². The molecule has 0 bridgehead atoms. The lowest BCUT2D eigenvalue weighted by atomic mass is 10.1. The number of hydrogen-bond acceptors (Lipinski definition) is 4. The maximum atomic E-state index is 12.8. The Morgan fingerprint density at radius 1 is 0.900 bits per heavy atom. The highest BCUT2D eigenvalue weighted by atomic mass is 16.5. The van der Waals surface area contributed by atoms with Gasteiger partial charge in [-0.2, -0.15) is 5.10 Å². The molecule has 6 nitrogen and oxygen atoms in total. The highest BCUT2D eigenvalue weighted by Gasteiger charge is 2.13. The van der Waals surface area contributed by atoms with E-state index in [-0.39, 0.29) is 5.91 Å². The van der Waals surface area contributed by atoms with Gasteiger partial charge in [0.1, 0.15) is 18.1 Å². The Balaban J connectivity index is 1.27. The van der Waals surface area contributed by atoms with Gasteiger partial charge in [-0.3, -0.25) is 4.79 Å². The van der Waals surface area contributed by atoms with Crippen molar-refractivity contribution in [3.05, 3.63) is 138 Å². The minimum atomic E-state index is -0.195. The monoisotopic (exact) mass is 529 g/mol. The number of carbonyl (C=O) groups is 1. The number of nitrogens with one attached hydrogen (secondary N) is 1. The summed E-state index contributed by atoms with van der Waals surface area (Å²) in [7, 11) is 1.64. The largest absolute Gasteiger partial charge is 0.496 e. The van der Waals surface area contributed by atoms with E-state index in [1.165, 1.54) is 6.08 Å². The van der Waals surface area contributed by atoms with Gasteiger partial charge in [-0.05, 0) is 60.5 Å². The second-order valence-electron chi connectivity index (χ2n) is 9.38. The molecule has 1 heterocycles. The molecule has 1 amide bonds. The van der Waals surface area contributed by atoms with Gasteiger partial charge in [0.2, 0.25) is 5.91 Å². The first-order valence-corrected chi connectivity index (χ1v) is 13.1. The lowest BCUT2D eigenvalue weighted by Crippen LogP contribution is -2.20. The molecule has 0 saturated carbocycles. The number of aromatic nitrogens is 2. The molecule has 0 aliphatic heterocycles. The highest BCUT2D eigenvalue weighted by molar-refractivity contribution is 5.91. The Labute approximate surface area is 234 Å². The van der Waals surface area contributed by atoms with Gasteiger partial charge in [-0.1, -0.05) is 66.7 Å². The Morgan fingerprint density at radius 2 is 1.68 bits per heavy atom. The molecule has 0 radical (unpaired) electrons. The van der Waals surface area contributed by atoms with Crippen LogP contribution in [0.4, 0.5) is 0 Å². The van der Waals surface area contributed by atoms with Gasteiger partial charge in [-0.15, -0.1) is 0 Å². The third kappa shape index (κ3) is 6.66. The molecule has 1 aromatic heterocycles. The van der Waals surface area contributed by atoms with Crippen LogP contribution in [0.25, 0.3) is 23.0 Å². The zero-order valence-corrected chi connectivity index (χ0v) is 22.6. The molecule has 5 aromatic rings. The maximum Gasteiger partial charge on any atom is 0.244 e. The topological polar surface area (TPSA) is 65.4 Å². The highest BCUT2D eigenvalue weighted by Crippen LogP contribution is 2.25. The summed E-state index contributed by atoms with van der Waals surface area (Å²) < 4.78 is 13.3. The number of carbonyl (C=O) groups excluding carboxylic acids is 1. The Bertz CT molecular complexity index is 1610. The van der Waals surface area contributed by atoms with Crippen LogP contribution in [-0.2, 0) is 17.9 Å². The molecule has 0 atom stereocenters. The van der Waals surface area contributed by atoms with E-state index in [2.05, 4.69) is 5.32 Å². The first kappa shape index (κ1) is 26.5.